The first kappa shape index (κ1) is 9.56. The van der Waals surface area contributed by atoms with Gasteiger partial charge in [0.25, 0.3) is 0 Å². The molecule has 0 saturated heterocycles. The van der Waals surface area contributed by atoms with Crippen LogP contribution in [0.25, 0.3) is 0 Å². The van der Waals surface area contributed by atoms with E-state index in [0.29, 0.717) is 12.8 Å². The van der Waals surface area contributed by atoms with Gasteiger partial charge in [-0.15, -0.1) is 0 Å². The average molecular weight is 157 g/mol. The third-order valence-corrected chi connectivity index (χ3v) is 3.86. The van der Waals surface area contributed by atoms with Gasteiger partial charge in [0.15, 0.2) is 0 Å². The maximum Gasteiger partial charge on any atom is 0.213 e. The molecular formula is C7H13O2Si. The van der Waals surface area contributed by atoms with Crippen LogP contribution in [0.4, 0.5) is 0 Å². The van der Waals surface area contributed by atoms with E-state index in [1.54, 1.807) is 20.4 Å². The Balaban J connectivity index is 3.94. The highest BCUT2D eigenvalue weighted by molar-refractivity contribution is 7.10. The molecule has 0 aromatic heterocycles. The minimum absolute atomic E-state index is 0.150. The van der Waals surface area contributed by atoms with Crippen LogP contribution < -0.4 is 0 Å². The number of rotatable bonds is 4. The van der Waals surface area contributed by atoms with E-state index in [2.05, 4.69) is 0 Å². The minimum atomic E-state index is -1.32. The topological polar surface area (TPSA) is 34.1 Å². The molecule has 0 aromatic carbocycles. The lowest BCUT2D eigenvalue weighted by molar-refractivity contribution is -0.115. The summed E-state index contributed by atoms with van der Waals surface area (Å²) in [5.41, 5.74) is 0. The zero-order valence-corrected chi connectivity index (χ0v) is 7.73. The van der Waals surface area contributed by atoms with E-state index >= 15 is 0 Å². The van der Waals surface area contributed by atoms with Crippen molar-refractivity contribution in [2.24, 2.45) is 0 Å². The van der Waals surface area contributed by atoms with Crippen molar-refractivity contribution in [2.45, 2.75) is 33.2 Å². The van der Waals surface area contributed by atoms with Gasteiger partial charge in [0, 0.05) is 0 Å². The van der Waals surface area contributed by atoms with E-state index in [9.17, 15) is 9.59 Å². The third kappa shape index (κ3) is 2.43. The summed E-state index contributed by atoms with van der Waals surface area (Å²) >= 11 is 0. The highest BCUT2D eigenvalue weighted by Gasteiger charge is 2.20. The smallest absolute Gasteiger partial charge is 0.213 e. The molecule has 0 aliphatic rings. The predicted molar refractivity (Wildman–Crippen MR) is 42.2 cm³/mol. The molecule has 57 valence electrons. The summed E-state index contributed by atoms with van der Waals surface area (Å²) in [6.45, 7) is 5.39. The van der Waals surface area contributed by atoms with E-state index in [-0.39, 0.29) is 10.8 Å². The van der Waals surface area contributed by atoms with Crippen molar-refractivity contribution in [2.75, 3.05) is 0 Å². The lowest BCUT2D eigenvalue weighted by Crippen LogP contribution is -2.31. The molecule has 0 aromatic rings. The third-order valence-electron chi connectivity index (χ3n) is 1.48. The van der Waals surface area contributed by atoms with Crippen LogP contribution in [0.2, 0.25) is 6.55 Å². The molecule has 0 aliphatic heterocycles. The molecule has 0 rings (SSSR count). The maximum atomic E-state index is 10.9. The molecule has 1 radical (unpaired) electrons. The summed E-state index contributed by atoms with van der Waals surface area (Å²) < 4.78 is 0. The van der Waals surface area contributed by atoms with Crippen LogP contribution in [0.15, 0.2) is 0 Å². The number of hydrogen-bond acceptors (Lipinski definition) is 2. The standard InChI is InChI=1S/C7H13O2Si/c1-4-6(8)10(3)7(9)5-2/h4-5H2,1-3H3. The largest absolute Gasteiger partial charge is 0.305 e. The predicted octanol–water partition coefficient (Wildman–Crippen LogP) is 1.15. The summed E-state index contributed by atoms with van der Waals surface area (Å²) in [7, 11) is -1.32. The average Bonchev–Trinajstić information content (AvgIpc) is 2.00. The maximum absolute atomic E-state index is 10.9. The zero-order valence-electron chi connectivity index (χ0n) is 6.73. The molecule has 0 N–H and O–H groups in total. The van der Waals surface area contributed by atoms with Gasteiger partial charge in [0.2, 0.25) is 8.80 Å². The SMILES string of the molecule is CCC(=O)[Si](C)C(=O)CC. The quantitative estimate of drug-likeness (QED) is 0.574. The van der Waals surface area contributed by atoms with E-state index in [1.807, 2.05) is 0 Å². The Bertz CT molecular complexity index is 127. The second-order valence-electron chi connectivity index (χ2n) is 2.18. The Hall–Kier alpha value is -0.443. The van der Waals surface area contributed by atoms with Crippen molar-refractivity contribution in [3.63, 3.8) is 0 Å². The fraction of sp³-hybridized carbons (Fsp3) is 0.714. The second-order valence-corrected chi connectivity index (χ2v) is 4.54. The Morgan fingerprint density at radius 3 is 1.60 bits per heavy atom. The molecule has 10 heavy (non-hydrogen) atoms. The van der Waals surface area contributed by atoms with Gasteiger partial charge >= 0.3 is 0 Å². The van der Waals surface area contributed by atoms with Crippen LogP contribution in [-0.4, -0.2) is 19.6 Å². The Kier molecular flexibility index (Phi) is 4.19. The number of carbonyl (C=O) groups is 2. The molecule has 0 bridgehead atoms. The summed E-state index contributed by atoms with van der Waals surface area (Å²) in [6, 6.07) is 0. The van der Waals surface area contributed by atoms with Crippen LogP contribution in [-0.2, 0) is 9.59 Å². The van der Waals surface area contributed by atoms with Crippen molar-refractivity contribution in [3.8, 4) is 0 Å². The first-order valence-corrected chi connectivity index (χ1v) is 5.53. The van der Waals surface area contributed by atoms with Crippen LogP contribution >= 0.6 is 0 Å². The molecule has 2 nitrogen and oxygen atoms in total. The van der Waals surface area contributed by atoms with Crippen LogP contribution in [0.3, 0.4) is 0 Å². The van der Waals surface area contributed by atoms with Crippen molar-refractivity contribution in [1.82, 2.24) is 0 Å². The van der Waals surface area contributed by atoms with Crippen molar-refractivity contribution in [1.29, 1.82) is 0 Å². The first-order chi connectivity index (χ1) is 4.63. The molecule has 0 heterocycles. The lowest BCUT2D eigenvalue weighted by atomic mass is 10.5. The van der Waals surface area contributed by atoms with E-state index in [0.717, 1.165) is 0 Å². The molecule has 0 spiro atoms. The summed E-state index contributed by atoms with van der Waals surface area (Å²) in [5, 5.41) is 0.300. The second kappa shape index (κ2) is 4.38. The van der Waals surface area contributed by atoms with Crippen molar-refractivity contribution in [3.05, 3.63) is 0 Å². The van der Waals surface area contributed by atoms with Crippen molar-refractivity contribution >= 4 is 19.6 Å². The van der Waals surface area contributed by atoms with Gasteiger partial charge in [0.05, 0.1) is 0 Å². The highest BCUT2D eigenvalue weighted by Crippen LogP contribution is 1.94. The normalized spacial score (nSPS) is 10.0. The van der Waals surface area contributed by atoms with Crippen molar-refractivity contribution < 1.29 is 9.59 Å². The van der Waals surface area contributed by atoms with Gasteiger partial charge in [0.1, 0.15) is 10.8 Å². The molecular weight excluding hydrogens is 144 g/mol. The molecule has 0 unspecified atom stereocenters. The summed E-state index contributed by atoms with van der Waals surface area (Å²) in [5.74, 6) is 0. The van der Waals surface area contributed by atoms with E-state index < -0.39 is 8.80 Å². The monoisotopic (exact) mass is 157 g/mol. The summed E-state index contributed by atoms with van der Waals surface area (Å²) in [6.07, 6.45) is 1.02. The summed E-state index contributed by atoms with van der Waals surface area (Å²) in [4.78, 5) is 21.9. The molecule has 0 aliphatic carbocycles. The van der Waals surface area contributed by atoms with Gasteiger partial charge in [-0.3, -0.25) is 0 Å². The molecule has 3 heteroatoms. The Labute approximate surface area is 63.2 Å². The van der Waals surface area contributed by atoms with Gasteiger partial charge < -0.3 is 9.59 Å². The Morgan fingerprint density at radius 2 is 1.40 bits per heavy atom. The molecule has 0 amide bonds. The van der Waals surface area contributed by atoms with Gasteiger partial charge in [-0.2, -0.15) is 0 Å². The highest BCUT2D eigenvalue weighted by atomic mass is 28.3. The molecule has 0 atom stereocenters. The number of hydrogen-bond donors (Lipinski definition) is 0. The fourth-order valence-corrected chi connectivity index (χ4v) is 2.06. The molecule has 0 saturated carbocycles. The Morgan fingerprint density at radius 1 is 1.10 bits per heavy atom. The van der Waals surface area contributed by atoms with E-state index in [4.69, 9.17) is 0 Å². The molecule has 0 fully saturated rings. The van der Waals surface area contributed by atoms with Gasteiger partial charge in [-0.1, -0.05) is 20.4 Å². The fourth-order valence-electron chi connectivity index (χ4n) is 0.686. The van der Waals surface area contributed by atoms with Crippen LogP contribution in [0.1, 0.15) is 26.7 Å². The first-order valence-electron chi connectivity index (χ1n) is 3.53. The minimum Gasteiger partial charge on any atom is -0.305 e. The lowest BCUT2D eigenvalue weighted by Gasteiger charge is -2.01. The number of carbonyl (C=O) groups excluding carboxylic acids is 2. The van der Waals surface area contributed by atoms with E-state index in [1.165, 1.54) is 0 Å². The zero-order chi connectivity index (χ0) is 8.15. The van der Waals surface area contributed by atoms with Gasteiger partial charge in [-0.25, -0.2) is 0 Å². The van der Waals surface area contributed by atoms with Crippen LogP contribution in [0, 0.1) is 0 Å². The van der Waals surface area contributed by atoms with Gasteiger partial charge in [-0.05, 0) is 12.8 Å². The van der Waals surface area contributed by atoms with Crippen LogP contribution in [0.5, 0.6) is 0 Å².